The highest BCUT2D eigenvalue weighted by atomic mass is 19.1. The third-order valence-electron chi connectivity index (χ3n) is 0.912. The van der Waals surface area contributed by atoms with Gasteiger partial charge in [0.2, 0.25) is 11.8 Å². The summed E-state index contributed by atoms with van der Waals surface area (Å²) in [5.74, 6) is 1.75. The molecule has 1 aromatic heterocycles. The predicted octanol–water partition coefficient (Wildman–Crippen LogP) is 0.628. The Balaban J connectivity index is 2.65. The number of hydrogen-bond acceptors (Lipinski definition) is 3. The number of ether oxygens (including phenoxy) is 1. The maximum absolute atomic E-state index is 12.3. The lowest BCUT2D eigenvalue weighted by atomic mass is 10.6. The lowest BCUT2D eigenvalue weighted by molar-refractivity contribution is 0.350. The standard InChI is InChI=1S/C7H5FN2O/c1-2-3-11-7-4-6(8)9-5-10-7/h1,4-5H,3H2. The molecule has 0 aliphatic carbocycles. The van der Waals surface area contributed by atoms with E-state index in [2.05, 4.69) is 15.9 Å². The second kappa shape index (κ2) is 3.52. The molecule has 0 aliphatic rings. The molecule has 1 heterocycles. The average molecular weight is 152 g/mol. The maximum atomic E-state index is 12.3. The zero-order chi connectivity index (χ0) is 8.10. The summed E-state index contributed by atoms with van der Waals surface area (Å²) in [6.45, 7) is 0.0798. The predicted molar refractivity (Wildman–Crippen MR) is 36.3 cm³/mol. The number of hydrogen-bond donors (Lipinski definition) is 0. The first kappa shape index (κ1) is 7.48. The van der Waals surface area contributed by atoms with E-state index in [1.165, 1.54) is 0 Å². The minimum Gasteiger partial charge on any atom is -0.464 e. The third kappa shape index (κ3) is 2.22. The number of nitrogens with zero attached hydrogens (tertiary/aromatic N) is 2. The molecule has 0 aliphatic heterocycles. The molecule has 1 rings (SSSR count). The van der Waals surface area contributed by atoms with Gasteiger partial charge in [-0.1, -0.05) is 5.92 Å². The average Bonchev–Trinajstić information content (AvgIpc) is 2.01. The van der Waals surface area contributed by atoms with E-state index in [1.807, 2.05) is 0 Å². The van der Waals surface area contributed by atoms with Crippen molar-refractivity contribution in [1.82, 2.24) is 9.97 Å². The molecule has 0 radical (unpaired) electrons. The van der Waals surface area contributed by atoms with Gasteiger partial charge in [0.05, 0.1) is 6.07 Å². The second-order valence-corrected chi connectivity index (χ2v) is 1.67. The van der Waals surface area contributed by atoms with E-state index in [1.54, 1.807) is 0 Å². The van der Waals surface area contributed by atoms with Crippen LogP contribution in [0.2, 0.25) is 0 Å². The Kier molecular flexibility index (Phi) is 2.39. The smallest absolute Gasteiger partial charge is 0.220 e. The molecule has 0 saturated heterocycles. The van der Waals surface area contributed by atoms with Crippen LogP contribution in [0.1, 0.15) is 0 Å². The van der Waals surface area contributed by atoms with Gasteiger partial charge < -0.3 is 4.74 Å². The first-order valence-electron chi connectivity index (χ1n) is 2.86. The summed E-state index contributed by atoms with van der Waals surface area (Å²) in [6.07, 6.45) is 5.97. The SMILES string of the molecule is C#CCOc1cc(F)ncn1. The van der Waals surface area contributed by atoms with Crippen LogP contribution in [0.25, 0.3) is 0 Å². The summed E-state index contributed by atoms with van der Waals surface area (Å²) >= 11 is 0. The van der Waals surface area contributed by atoms with Crippen molar-refractivity contribution in [2.75, 3.05) is 6.61 Å². The van der Waals surface area contributed by atoms with Gasteiger partial charge in [-0.25, -0.2) is 9.97 Å². The van der Waals surface area contributed by atoms with Gasteiger partial charge in [0, 0.05) is 0 Å². The number of terminal acetylenes is 1. The van der Waals surface area contributed by atoms with Crippen molar-refractivity contribution in [2.45, 2.75) is 0 Å². The molecule has 1 aromatic rings. The van der Waals surface area contributed by atoms with Crippen LogP contribution >= 0.6 is 0 Å². The molecule has 3 nitrogen and oxygen atoms in total. The van der Waals surface area contributed by atoms with Crippen LogP contribution in [-0.2, 0) is 0 Å². The molecule has 0 fully saturated rings. The Morgan fingerprint density at radius 1 is 1.64 bits per heavy atom. The van der Waals surface area contributed by atoms with Crippen LogP contribution in [0, 0.1) is 18.3 Å². The molecule has 56 valence electrons. The van der Waals surface area contributed by atoms with Gasteiger partial charge in [0.1, 0.15) is 6.33 Å². The Hall–Kier alpha value is -1.63. The Morgan fingerprint density at radius 2 is 2.45 bits per heavy atom. The van der Waals surface area contributed by atoms with E-state index in [-0.39, 0.29) is 12.5 Å². The topological polar surface area (TPSA) is 35.0 Å². The van der Waals surface area contributed by atoms with Crippen molar-refractivity contribution < 1.29 is 9.13 Å². The summed E-state index contributed by atoms with van der Waals surface area (Å²) in [4.78, 5) is 6.85. The quantitative estimate of drug-likeness (QED) is 0.460. The highest BCUT2D eigenvalue weighted by Crippen LogP contribution is 2.03. The number of halogens is 1. The molecular weight excluding hydrogens is 147 g/mol. The second-order valence-electron chi connectivity index (χ2n) is 1.67. The molecule has 0 spiro atoms. The van der Waals surface area contributed by atoms with Gasteiger partial charge in [-0.05, 0) is 0 Å². The van der Waals surface area contributed by atoms with E-state index in [0.29, 0.717) is 0 Å². The van der Waals surface area contributed by atoms with Gasteiger partial charge in [-0.2, -0.15) is 4.39 Å². The van der Waals surface area contributed by atoms with Crippen molar-refractivity contribution in [3.63, 3.8) is 0 Å². The highest BCUT2D eigenvalue weighted by molar-refractivity contribution is 5.07. The van der Waals surface area contributed by atoms with Crippen molar-refractivity contribution in [3.8, 4) is 18.2 Å². The van der Waals surface area contributed by atoms with E-state index < -0.39 is 5.95 Å². The minimum atomic E-state index is -0.632. The van der Waals surface area contributed by atoms with Crippen LogP contribution in [0.4, 0.5) is 4.39 Å². The summed E-state index contributed by atoms with van der Waals surface area (Å²) in [6, 6.07) is 1.07. The molecule has 0 saturated carbocycles. The summed E-state index contributed by atoms with van der Waals surface area (Å²) in [5.41, 5.74) is 0. The zero-order valence-electron chi connectivity index (χ0n) is 5.62. The molecule has 0 bridgehead atoms. The molecule has 0 aromatic carbocycles. The lowest BCUT2D eigenvalue weighted by Crippen LogP contribution is -1.97. The fraction of sp³-hybridized carbons (Fsp3) is 0.143. The monoisotopic (exact) mass is 152 g/mol. The molecule has 0 amide bonds. The molecular formula is C7H5FN2O. The van der Waals surface area contributed by atoms with E-state index in [0.717, 1.165) is 12.4 Å². The lowest BCUT2D eigenvalue weighted by Gasteiger charge is -1.97. The Labute approximate surface area is 63.2 Å². The van der Waals surface area contributed by atoms with Crippen LogP contribution < -0.4 is 4.74 Å². The van der Waals surface area contributed by atoms with E-state index in [9.17, 15) is 4.39 Å². The summed E-state index contributed by atoms with van der Waals surface area (Å²) in [7, 11) is 0. The molecule has 11 heavy (non-hydrogen) atoms. The van der Waals surface area contributed by atoms with E-state index >= 15 is 0 Å². The fourth-order valence-electron chi connectivity index (χ4n) is 0.512. The largest absolute Gasteiger partial charge is 0.464 e. The molecule has 0 unspecified atom stereocenters. The first-order valence-corrected chi connectivity index (χ1v) is 2.86. The molecule has 0 atom stereocenters. The van der Waals surface area contributed by atoms with Crippen LogP contribution in [0.5, 0.6) is 5.88 Å². The molecule has 0 N–H and O–H groups in total. The van der Waals surface area contributed by atoms with Crippen LogP contribution in [-0.4, -0.2) is 16.6 Å². The van der Waals surface area contributed by atoms with Crippen molar-refractivity contribution in [1.29, 1.82) is 0 Å². The first-order chi connectivity index (χ1) is 5.33. The van der Waals surface area contributed by atoms with Crippen LogP contribution in [0.15, 0.2) is 12.4 Å². The van der Waals surface area contributed by atoms with Gasteiger partial charge >= 0.3 is 0 Å². The van der Waals surface area contributed by atoms with Crippen LogP contribution in [0.3, 0.4) is 0 Å². The fourth-order valence-corrected chi connectivity index (χ4v) is 0.512. The normalized spacial score (nSPS) is 8.73. The van der Waals surface area contributed by atoms with Gasteiger partial charge in [-0.3, -0.25) is 0 Å². The zero-order valence-corrected chi connectivity index (χ0v) is 5.62. The van der Waals surface area contributed by atoms with Gasteiger partial charge in [-0.15, -0.1) is 6.42 Å². The number of rotatable bonds is 2. The van der Waals surface area contributed by atoms with E-state index in [4.69, 9.17) is 11.2 Å². The maximum Gasteiger partial charge on any atom is 0.220 e. The summed E-state index contributed by atoms with van der Waals surface area (Å²) < 4.78 is 17.1. The Morgan fingerprint density at radius 3 is 3.09 bits per heavy atom. The van der Waals surface area contributed by atoms with Crippen molar-refractivity contribution in [3.05, 3.63) is 18.3 Å². The van der Waals surface area contributed by atoms with Crippen molar-refractivity contribution >= 4 is 0 Å². The third-order valence-corrected chi connectivity index (χ3v) is 0.912. The molecule has 4 heteroatoms. The van der Waals surface area contributed by atoms with Crippen molar-refractivity contribution in [2.24, 2.45) is 0 Å². The summed E-state index contributed by atoms with van der Waals surface area (Å²) in [5, 5.41) is 0. The Bertz CT molecular complexity index is 282. The highest BCUT2D eigenvalue weighted by Gasteiger charge is 1.95. The minimum absolute atomic E-state index is 0.0798. The van der Waals surface area contributed by atoms with Gasteiger partial charge in [0.15, 0.2) is 6.61 Å². The number of aromatic nitrogens is 2. The van der Waals surface area contributed by atoms with Gasteiger partial charge in [0.25, 0.3) is 0 Å².